The normalized spacial score (nSPS) is 10.7. The molecular formula is C17H32O5. The van der Waals surface area contributed by atoms with Crippen molar-refractivity contribution in [2.75, 3.05) is 26.9 Å². The van der Waals surface area contributed by atoms with Crippen LogP contribution < -0.4 is 0 Å². The first kappa shape index (κ1) is 20.9. The van der Waals surface area contributed by atoms with Gasteiger partial charge in [0.05, 0.1) is 13.2 Å². The smallest absolute Gasteiger partial charge is 0.305 e. The summed E-state index contributed by atoms with van der Waals surface area (Å²) in [6.07, 6.45) is 6.98. The average molecular weight is 316 g/mol. The molecule has 0 aromatic carbocycles. The van der Waals surface area contributed by atoms with Crippen molar-refractivity contribution >= 4 is 11.9 Å². The van der Waals surface area contributed by atoms with Gasteiger partial charge in [-0.05, 0) is 18.8 Å². The monoisotopic (exact) mass is 316 g/mol. The molecule has 0 atom stereocenters. The Balaban J connectivity index is 3.26. The van der Waals surface area contributed by atoms with Gasteiger partial charge in [-0.25, -0.2) is 0 Å². The minimum atomic E-state index is -0.148. The number of unbranched alkanes of at least 4 members (excludes halogenated alkanes) is 5. The van der Waals surface area contributed by atoms with Crippen molar-refractivity contribution in [1.29, 1.82) is 0 Å². The zero-order valence-corrected chi connectivity index (χ0v) is 14.4. The first-order valence-corrected chi connectivity index (χ1v) is 8.36. The van der Waals surface area contributed by atoms with Crippen molar-refractivity contribution in [3.63, 3.8) is 0 Å². The van der Waals surface area contributed by atoms with Gasteiger partial charge in [-0.3, -0.25) is 9.59 Å². The Morgan fingerprint density at radius 1 is 0.773 bits per heavy atom. The zero-order valence-electron chi connectivity index (χ0n) is 14.4. The van der Waals surface area contributed by atoms with E-state index in [-0.39, 0.29) is 11.9 Å². The molecule has 5 heteroatoms. The second-order valence-electron chi connectivity index (χ2n) is 5.91. The molecule has 0 fully saturated rings. The summed E-state index contributed by atoms with van der Waals surface area (Å²) >= 11 is 0. The van der Waals surface area contributed by atoms with E-state index in [0.29, 0.717) is 38.6 Å². The summed E-state index contributed by atoms with van der Waals surface area (Å²) in [4.78, 5) is 22.7. The van der Waals surface area contributed by atoms with Crippen LogP contribution in [0, 0.1) is 5.92 Å². The van der Waals surface area contributed by atoms with Crippen molar-refractivity contribution in [2.24, 2.45) is 5.92 Å². The summed E-state index contributed by atoms with van der Waals surface area (Å²) < 4.78 is 14.9. The Morgan fingerprint density at radius 3 is 1.77 bits per heavy atom. The Hall–Kier alpha value is -1.10. The van der Waals surface area contributed by atoms with Gasteiger partial charge in [0.25, 0.3) is 0 Å². The molecule has 0 heterocycles. The molecule has 5 nitrogen and oxygen atoms in total. The molecule has 0 amide bonds. The maximum Gasteiger partial charge on any atom is 0.305 e. The molecule has 22 heavy (non-hydrogen) atoms. The second kappa shape index (κ2) is 14.8. The number of carbonyl (C=O) groups is 2. The lowest BCUT2D eigenvalue weighted by Gasteiger charge is -2.07. The molecular weight excluding hydrogens is 284 g/mol. The molecule has 0 rings (SSSR count). The van der Waals surface area contributed by atoms with Crippen molar-refractivity contribution in [1.82, 2.24) is 0 Å². The van der Waals surface area contributed by atoms with Crippen LogP contribution in [-0.2, 0) is 23.8 Å². The number of hydrogen-bond acceptors (Lipinski definition) is 5. The molecule has 0 aromatic heterocycles. The van der Waals surface area contributed by atoms with Gasteiger partial charge in [-0.1, -0.05) is 39.5 Å². The fourth-order valence-electron chi connectivity index (χ4n) is 1.89. The van der Waals surface area contributed by atoms with E-state index in [4.69, 9.17) is 14.2 Å². The van der Waals surface area contributed by atoms with Crippen LogP contribution in [0.3, 0.4) is 0 Å². The minimum absolute atomic E-state index is 0.0903. The van der Waals surface area contributed by atoms with Gasteiger partial charge < -0.3 is 14.2 Å². The van der Waals surface area contributed by atoms with Crippen molar-refractivity contribution in [3.8, 4) is 0 Å². The number of esters is 2. The Morgan fingerprint density at radius 2 is 1.27 bits per heavy atom. The molecule has 130 valence electrons. The fourth-order valence-corrected chi connectivity index (χ4v) is 1.89. The lowest BCUT2D eigenvalue weighted by Crippen LogP contribution is -2.09. The molecule has 0 saturated heterocycles. The second-order valence-corrected chi connectivity index (χ2v) is 5.91. The Bertz CT molecular complexity index is 289. The van der Waals surface area contributed by atoms with Gasteiger partial charge in [0.2, 0.25) is 0 Å². The predicted octanol–water partition coefficient (Wildman–Crippen LogP) is 3.50. The SMILES string of the molecule is COCCOC(=O)CCCCCCCCC(=O)OCC(C)C. The van der Waals surface area contributed by atoms with Gasteiger partial charge in [0.15, 0.2) is 0 Å². The molecule has 0 aromatic rings. The summed E-state index contributed by atoms with van der Waals surface area (Å²) in [5.74, 6) is 0.155. The minimum Gasteiger partial charge on any atom is -0.465 e. The predicted molar refractivity (Wildman–Crippen MR) is 85.6 cm³/mol. The summed E-state index contributed by atoms with van der Waals surface area (Å²) in [5.41, 5.74) is 0. The maximum absolute atomic E-state index is 11.4. The maximum atomic E-state index is 11.4. The summed E-state index contributed by atoms with van der Waals surface area (Å²) in [6.45, 7) is 5.36. The van der Waals surface area contributed by atoms with E-state index < -0.39 is 0 Å². The Kier molecular flexibility index (Phi) is 14.1. The van der Waals surface area contributed by atoms with E-state index in [1.807, 2.05) is 13.8 Å². The van der Waals surface area contributed by atoms with E-state index in [1.54, 1.807) is 7.11 Å². The van der Waals surface area contributed by atoms with Crippen LogP contribution in [0.15, 0.2) is 0 Å². The fraction of sp³-hybridized carbons (Fsp3) is 0.882. The third kappa shape index (κ3) is 15.3. The third-order valence-electron chi connectivity index (χ3n) is 3.14. The number of methoxy groups -OCH3 is 1. The van der Waals surface area contributed by atoms with Crippen LogP contribution in [-0.4, -0.2) is 38.9 Å². The third-order valence-corrected chi connectivity index (χ3v) is 3.14. The van der Waals surface area contributed by atoms with Crippen LogP contribution in [0.2, 0.25) is 0 Å². The standard InChI is InChI=1S/C17H32O5/c1-15(2)14-22-17(19)11-9-7-5-4-6-8-10-16(18)21-13-12-20-3/h15H,4-14H2,1-3H3. The van der Waals surface area contributed by atoms with E-state index in [2.05, 4.69) is 0 Å². The summed E-state index contributed by atoms with van der Waals surface area (Å²) in [7, 11) is 1.58. The van der Waals surface area contributed by atoms with Gasteiger partial charge in [-0.2, -0.15) is 0 Å². The van der Waals surface area contributed by atoms with Crippen LogP contribution in [0.5, 0.6) is 0 Å². The highest BCUT2D eigenvalue weighted by molar-refractivity contribution is 5.69. The zero-order chi connectivity index (χ0) is 16.6. The Labute approximate surface area is 134 Å². The largest absolute Gasteiger partial charge is 0.465 e. The van der Waals surface area contributed by atoms with Gasteiger partial charge in [-0.15, -0.1) is 0 Å². The van der Waals surface area contributed by atoms with E-state index in [1.165, 1.54) is 0 Å². The molecule has 0 bridgehead atoms. The van der Waals surface area contributed by atoms with Crippen LogP contribution >= 0.6 is 0 Å². The quantitative estimate of drug-likeness (QED) is 0.362. The summed E-state index contributed by atoms with van der Waals surface area (Å²) in [6, 6.07) is 0. The molecule has 0 aliphatic rings. The topological polar surface area (TPSA) is 61.8 Å². The molecule has 0 aliphatic heterocycles. The van der Waals surface area contributed by atoms with Gasteiger partial charge in [0.1, 0.15) is 6.61 Å². The number of ether oxygens (including phenoxy) is 3. The van der Waals surface area contributed by atoms with E-state index in [9.17, 15) is 9.59 Å². The lowest BCUT2D eigenvalue weighted by molar-refractivity contribution is -0.145. The van der Waals surface area contributed by atoms with Gasteiger partial charge in [0, 0.05) is 20.0 Å². The molecule has 0 aliphatic carbocycles. The molecule has 0 spiro atoms. The van der Waals surface area contributed by atoms with Crippen LogP contribution in [0.4, 0.5) is 0 Å². The van der Waals surface area contributed by atoms with Crippen LogP contribution in [0.25, 0.3) is 0 Å². The number of hydrogen-bond donors (Lipinski definition) is 0. The molecule has 0 N–H and O–H groups in total. The van der Waals surface area contributed by atoms with Crippen LogP contribution in [0.1, 0.15) is 65.2 Å². The van der Waals surface area contributed by atoms with Crippen molar-refractivity contribution in [3.05, 3.63) is 0 Å². The van der Waals surface area contributed by atoms with Crippen molar-refractivity contribution < 1.29 is 23.8 Å². The number of rotatable bonds is 14. The van der Waals surface area contributed by atoms with E-state index in [0.717, 1.165) is 38.5 Å². The highest BCUT2D eigenvalue weighted by Gasteiger charge is 2.04. The molecule has 0 radical (unpaired) electrons. The highest BCUT2D eigenvalue weighted by atomic mass is 16.6. The molecule has 0 saturated carbocycles. The highest BCUT2D eigenvalue weighted by Crippen LogP contribution is 2.09. The first-order chi connectivity index (χ1) is 10.6. The molecule has 0 unspecified atom stereocenters. The van der Waals surface area contributed by atoms with E-state index >= 15 is 0 Å². The number of carbonyl (C=O) groups excluding carboxylic acids is 2. The van der Waals surface area contributed by atoms with Gasteiger partial charge >= 0.3 is 11.9 Å². The van der Waals surface area contributed by atoms with Crippen molar-refractivity contribution in [2.45, 2.75) is 65.2 Å². The lowest BCUT2D eigenvalue weighted by atomic mass is 10.1. The summed E-state index contributed by atoms with van der Waals surface area (Å²) in [5, 5.41) is 0. The first-order valence-electron chi connectivity index (χ1n) is 8.36. The average Bonchev–Trinajstić information content (AvgIpc) is 2.48.